The Balaban J connectivity index is 1.78. The Hall–Kier alpha value is -2.25. The number of nitrogens with two attached hydrogens (primary N) is 1. The average Bonchev–Trinajstić information content (AvgIpc) is 3.36. The summed E-state index contributed by atoms with van der Waals surface area (Å²) >= 11 is 1.63. The summed E-state index contributed by atoms with van der Waals surface area (Å²) in [5.74, 6) is 0.593. The molecule has 1 fully saturated rings. The minimum atomic E-state index is 0.0685. The molecular weight excluding hydrogens is 358 g/mol. The predicted octanol–water partition coefficient (Wildman–Crippen LogP) is 3.55. The van der Waals surface area contributed by atoms with Crippen LogP contribution in [0.4, 0.5) is 0 Å². The molecule has 0 aliphatic carbocycles. The van der Waals surface area contributed by atoms with Gasteiger partial charge in [-0.3, -0.25) is 4.79 Å². The molecule has 3 aromatic heterocycles. The van der Waals surface area contributed by atoms with Crippen molar-refractivity contribution < 1.29 is 4.79 Å². The predicted molar refractivity (Wildman–Crippen MR) is 109 cm³/mol. The van der Waals surface area contributed by atoms with Crippen molar-refractivity contribution in [3.05, 3.63) is 35.3 Å². The second-order valence-electron chi connectivity index (χ2n) is 7.42. The highest BCUT2D eigenvalue weighted by Gasteiger charge is 2.26. The van der Waals surface area contributed by atoms with Crippen LogP contribution in [0, 0.1) is 5.92 Å². The van der Waals surface area contributed by atoms with Crippen LogP contribution >= 0.6 is 11.3 Å². The van der Waals surface area contributed by atoms with Gasteiger partial charge in [-0.25, -0.2) is 9.67 Å². The number of fused-ring (bicyclic) bond motifs is 1. The van der Waals surface area contributed by atoms with Crippen LogP contribution in [0.1, 0.15) is 43.1 Å². The van der Waals surface area contributed by atoms with Crippen LogP contribution < -0.4 is 5.73 Å². The number of carbonyl (C=O) groups excluding carboxylic acids is 1. The maximum Gasteiger partial charge on any atom is 0.254 e. The first-order valence-electron chi connectivity index (χ1n) is 9.50. The van der Waals surface area contributed by atoms with Gasteiger partial charge in [-0.05, 0) is 56.7 Å². The van der Waals surface area contributed by atoms with E-state index in [1.54, 1.807) is 17.5 Å². The van der Waals surface area contributed by atoms with Crippen LogP contribution in [0.15, 0.2) is 29.8 Å². The van der Waals surface area contributed by atoms with E-state index in [4.69, 9.17) is 10.7 Å². The lowest BCUT2D eigenvalue weighted by molar-refractivity contribution is 0.0695. The third kappa shape index (κ3) is 3.37. The third-order valence-electron chi connectivity index (χ3n) is 5.29. The Morgan fingerprint density at radius 2 is 2.15 bits per heavy atom. The largest absolute Gasteiger partial charge is 0.339 e. The number of carbonyl (C=O) groups is 1. The number of hydrogen-bond acceptors (Lipinski definition) is 5. The van der Waals surface area contributed by atoms with Gasteiger partial charge in [-0.2, -0.15) is 5.10 Å². The van der Waals surface area contributed by atoms with E-state index < -0.39 is 0 Å². The Morgan fingerprint density at radius 3 is 2.78 bits per heavy atom. The van der Waals surface area contributed by atoms with E-state index >= 15 is 0 Å². The normalized spacial score (nSPS) is 15.8. The Kier molecular flexibility index (Phi) is 4.97. The molecule has 0 bridgehead atoms. The summed E-state index contributed by atoms with van der Waals surface area (Å²) in [7, 11) is 0. The maximum absolute atomic E-state index is 13.3. The number of likely N-dealkylation sites (tertiary alicyclic amines) is 1. The number of aromatic nitrogens is 3. The standard InChI is InChI=1S/C20H25N5OS/c1-13(2)25-19-16(12-22-25)15(10-17(23-19)18-4-3-9-27-18)20(26)24-7-5-14(11-21)6-8-24/h3-4,9-10,12-14H,5-8,11,21H2,1-2H3. The number of thiophene rings is 1. The molecule has 2 N–H and O–H groups in total. The van der Waals surface area contributed by atoms with Crippen molar-refractivity contribution in [1.29, 1.82) is 0 Å². The molecule has 0 unspecified atom stereocenters. The van der Waals surface area contributed by atoms with Crippen molar-refractivity contribution in [3.63, 3.8) is 0 Å². The smallest absolute Gasteiger partial charge is 0.254 e. The van der Waals surface area contributed by atoms with Gasteiger partial charge in [0.2, 0.25) is 0 Å². The molecular formula is C20H25N5OS. The fraction of sp³-hybridized carbons (Fsp3) is 0.450. The summed E-state index contributed by atoms with van der Waals surface area (Å²) in [6.07, 6.45) is 3.72. The Labute approximate surface area is 163 Å². The van der Waals surface area contributed by atoms with Gasteiger partial charge in [-0.15, -0.1) is 11.3 Å². The van der Waals surface area contributed by atoms with E-state index in [0.29, 0.717) is 18.0 Å². The summed E-state index contributed by atoms with van der Waals surface area (Å²) in [6, 6.07) is 6.15. The van der Waals surface area contributed by atoms with Crippen molar-refractivity contribution >= 4 is 28.3 Å². The van der Waals surface area contributed by atoms with E-state index in [2.05, 4.69) is 18.9 Å². The molecule has 0 saturated carbocycles. The molecule has 3 aromatic rings. The van der Waals surface area contributed by atoms with Crippen molar-refractivity contribution in [2.24, 2.45) is 11.7 Å². The third-order valence-corrected chi connectivity index (χ3v) is 6.19. The first-order valence-corrected chi connectivity index (χ1v) is 10.4. The Bertz CT molecular complexity index is 939. The van der Waals surface area contributed by atoms with Crippen LogP contribution in [0.5, 0.6) is 0 Å². The summed E-state index contributed by atoms with van der Waals surface area (Å²) in [6.45, 7) is 6.37. The number of hydrogen-bond donors (Lipinski definition) is 1. The van der Waals surface area contributed by atoms with Gasteiger partial charge in [0.1, 0.15) is 0 Å². The number of rotatable bonds is 4. The van der Waals surface area contributed by atoms with Crippen molar-refractivity contribution in [2.45, 2.75) is 32.7 Å². The molecule has 7 heteroatoms. The summed E-state index contributed by atoms with van der Waals surface area (Å²) in [5.41, 5.74) is 8.10. The van der Waals surface area contributed by atoms with E-state index in [1.165, 1.54) is 0 Å². The second kappa shape index (κ2) is 7.40. The molecule has 4 heterocycles. The van der Waals surface area contributed by atoms with Gasteiger partial charge in [0.15, 0.2) is 5.65 Å². The van der Waals surface area contributed by atoms with Crippen molar-refractivity contribution in [3.8, 4) is 10.6 Å². The highest BCUT2D eigenvalue weighted by Crippen LogP contribution is 2.30. The van der Waals surface area contributed by atoms with E-state index in [0.717, 1.165) is 47.5 Å². The zero-order valence-corrected chi connectivity index (χ0v) is 16.6. The molecule has 0 atom stereocenters. The summed E-state index contributed by atoms with van der Waals surface area (Å²) < 4.78 is 1.89. The maximum atomic E-state index is 13.3. The molecule has 1 amide bonds. The first-order chi connectivity index (χ1) is 13.1. The van der Waals surface area contributed by atoms with Gasteiger partial charge < -0.3 is 10.6 Å². The molecule has 0 aromatic carbocycles. The average molecular weight is 384 g/mol. The molecule has 0 spiro atoms. The van der Waals surface area contributed by atoms with Crippen LogP contribution in [0.2, 0.25) is 0 Å². The van der Waals surface area contributed by atoms with Crippen LogP contribution in [0.25, 0.3) is 21.6 Å². The molecule has 1 aliphatic rings. The number of pyridine rings is 1. The van der Waals surface area contributed by atoms with Crippen LogP contribution in [-0.2, 0) is 0 Å². The highest BCUT2D eigenvalue weighted by atomic mass is 32.1. The zero-order valence-electron chi connectivity index (χ0n) is 15.8. The SMILES string of the molecule is CC(C)n1ncc2c(C(=O)N3CCC(CN)CC3)cc(-c3cccs3)nc21. The van der Waals surface area contributed by atoms with E-state index in [-0.39, 0.29) is 11.9 Å². The molecule has 27 heavy (non-hydrogen) atoms. The topological polar surface area (TPSA) is 77.0 Å². The molecule has 1 aliphatic heterocycles. The fourth-order valence-electron chi connectivity index (χ4n) is 3.67. The lowest BCUT2D eigenvalue weighted by Crippen LogP contribution is -2.40. The second-order valence-corrected chi connectivity index (χ2v) is 8.37. The van der Waals surface area contributed by atoms with E-state index in [9.17, 15) is 4.79 Å². The van der Waals surface area contributed by atoms with Gasteiger partial charge in [0.05, 0.1) is 27.7 Å². The quantitative estimate of drug-likeness (QED) is 0.747. The minimum Gasteiger partial charge on any atom is -0.339 e. The van der Waals surface area contributed by atoms with Gasteiger partial charge in [0, 0.05) is 19.1 Å². The Morgan fingerprint density at radius 1 is 1.37 bits per heavy atom. The highest BCUT2D eigenvalue weighted by molar-refractivity contribution is 7.13. The molecule has 0 radical (unpaired) electrons. The lowest BCUT2D eigenvalue weighted by atomic mass is 9.96. The number of piperidine rings is 1. The zero-order chi connectivity index (χ0) is 19.0. The molecule has 1 saturated heterocycles. The molecule has 142 valence electrons. The van der Waals surface area contributed by atoms with Gasteiger partial charge in [-0.1, -0.05) is 6.07 Å². The fourth-order valence-corrected chi connectivity index (χ4v) is 4.35. The van der Waals surface area contributed by atoms with Crippen LogP contribution in [-0.4, -0.2) is 45.2 Å². The van der Waals surface area contributed by atoms with Gasteiger partial charge in [0.25, 0.3) is 5.91 Å². The van der Waals surface area contributed by atoms with Crippen LogP contribution in [0.3, 0.4) is 0 Å². The molecule has 4 rings (SSSR count). The monoisotopic (exact) mass is 383 g/mol. The summed E-state index contributed by atoms with van der Waals surface area (Å²) in [5, 5.41) is 7.36. The lowest BCUT2D eigenvalue weighted by Gasteiger charge is -2.31. The van der Waals surface area contributed by atoms with Crippen molar-refractivity contribution in [1.82, 2.24) is 19.7 Å². The number of amides is 1. The first kappa shape index (κ1) is 18.1. The van der Waals surface area contributed by atoms with E-state index in [1.807, 2.05) is 33.2 Å². The molecule has 6 nitrogen and oxygen atoms in total. The summed E-state index contributed by atoms with van der Waals surface area (Å²) in [4.78, 5) is 21.2. The minimum absolute atomic E-state index is 0.0685. The van der Waals surface area contributed by atoms with Crippen molar-refractivity contribution in [2.75, 3.05) is 19.6 Å². The number of nitrogens with zero attached hydrogens (tertiary/aromatic N) is 4. The van der Waals surface area contributed by atoms with Gasteiger partial charge >= 0.3 is 0 Å².